The molecule has 0 atom stereocenters. The van der Waals surface area contributed by atoms with E-state index >= 15 is 0 Å². The molecule has 0 unspecified atom stereocenters. The van der Waals surface area contributed by atoms with Crippen LogP contribution in [0.4, 0.5) is 0 Å². The third kappa shape index (κ3) is 1.55. The molecule has 0 aliphatic carbocycles. The highest BCUT2D eigenvalue weighted by molar-refractivity contribution is 6.05. The molecule has 2 rings (SSSR count). The van der Waals surface area contributed by atoms with E-state index in [1.54, 1.807) is 24.3 Å². The fraction of sp³-hybridized carbons (Fsp3) is 0.0909. The summed E-state index contributed by atoms with van der Waals surface area (Å²) in [6.45, 7) is -0.0699. The van der Waals surface area contributed by atoms with E-state index < -0.39 is 5.91 Å². The summed E-state index contributed by atoms with van der Waals surface area (Å²) < 4.78 is 0. The molecule has 0 aliphatic heterocycles. The third-order valence-electron chi connectivity index (χ3n) is 2.30. The highest BCUT2D eigenvalue weighted by atomic mass is 16.3. The van der Waals surface area contributed by atoms with Gasteiger partial charge in [-0.3, -0.25) is 9.78 Å². The number of rotatable bonds is 2. The third-order valence-corrected chi connectivity index (χ3v) is 2.30. The van der Waals surface area contributed by atoms with Crippen molar-refractivity contribution in [3.8, 4) is 0 Å². The van der Waals surface area contributed by atoms with Gasteiger partial charge in [0.15, 0.2) is 0 Å². The van der Waals surface area contributed by atoms with Crippen molar-refractivity contribution in [3.05, 3.63) is 41.7 Å². The number of nitrogens with two attached hydrogens (primary N) is 1. The van der Waals surface area contributed by atoms with E-state index in [1.807, 2.05) is 0 Å². The Kier molecular flexibility index (Phi) is 2.35. The van der Waals surface area contributed by atoms with Crippen molar-refractivity contribution < 1.29 is 9.90 Å². The van der Waals surface area contributed by atoms with E-state index in [0.717, 1.165) is 10.9 Å². The van der Waals surface area contributed by atoms with Crippen molar-refractivity contribution in [1.29, 1.82) is 0 Å². The molecule has 0 fully saturated rings. The van der Waals surface area contributed by atoms with E-state index in [1.165, 1.54) is 6.20 Å². The predicted octanol–water partition coefficient (Wildman–Crippen LogP) is 0.826. The number of hydrogen-bond donors (Lipinski definition) is 2. The van der Waals surface area contributed by atoms with Gasteiger partial charge in [0.05, 0.1) is 6.61 Å². The van der Waals surface area contributed by atoms with Gasteiger partial charge in [0.25, 0.3) is 5.91 Å². The monoisotopic (exact) mass is 202 g/mol. The van der Waals surface area contributed by atoms with E-state index in [9.17, 15) is 4.79 Å². The summed E-state index contributed by atoms with van der Waals surface area (Å²) in [7, 11) is 0. The summed E-state index contributed by atoms with van der Waals surface area (Å²) in [6, 6.07) is 7.09. The quantitative estimate of drug-likeness (QED) is 0.757. The smallest absolute Gasteiger partial charge is 0.267 e. The predicted molar refractivity (Wildman–Crippen MR) is 56.2 cm³/mol. The molecular formula is C11H10N2O2. The van der Waals surface area contributed by atoms with Crippen LogP contribution in [0, 0.1) is 0 Å². The summed E-state index contributed by atoms with van der Waals surface area (Å²) in [5.41, 5.74) is 6.21. The molecule has 4 nitrogen and oxygen atoms in total. The van der Waals surface area contributed by atoms with E-state index in [4.69, 9.17) is 10.8 Å². The number of hydrogen-bond acceptors (Lipinski definition) is 3. The first-order chi connectivity index (χ1) is 7.24. The molecule has 1 amide bonds. The van der Waals surface area contributed by atoms with Crippen LogP contribution >= 0.6 is 0 Å². The molecule has 0 saturated heterocycles. The Morgan fingerprint density at radius 2 is 2.13 bits per heavy atom. The molecule has 15 heavy (non-hydrogen) atoms. The molecule has 0 spiro atoms. The molecule has 2 aromatic rings. The van der Waals surface area contributed by atoms with E-state index in [2.05, 4.69) is 4.98 Å². The molecule has 0 saturated carbocycles. The molecule has 4 heteroatoms. The Balaban J connectivity index is 2.82. The molecular weight excluding hydrogens is 192 g/mol. The molecule has 0 bridgehead atoms. The Hall–Kier alpha value is -1.94. The highest BCUT2D eigenvalue weighted by Crippen LogP contribution is 2.20. The lowest BCUT2D eigenvalue weighted by Crippen LogP contribution is -2.13. The normalized spacial score (nSPS) is 10.5. The fourth-order valence-electron chi connectivity index (χ4n) is 1.61. The summed E-state index contributed by atoms with van der Waals surface area (Å²) in [5.74, 6) is -0.560. The maximum absolute atomic E-state index is 11.1. The van der Waals surface area contributed by atoms with Crippen LogP contribution in [0.15, 0.2) is 30.5 Å². The van der Waals surface area contributed by atoms with Gasteiger partial charge in [-0.05, 0) is 17.0 Å². The number of aliphatic hydroxyl groups excluding tert-OH is 1. The van der Waals surface area contributed by atoms with Crippen molar-refractivity contribution >= 4 is 16.7 Å². The number of carbonyl (C=O) groups is 1. The molecule has 0 radical (unpaired) electrons. The SMILES string of the molecule is NC(=O)c1nccc2c(CO)cccc12. The van der Waals surface area contributed by atoms with Crippen molar-refractivity contribution in [1.82, 2.24) is 4.98 Å². The van der Waals surface area contributed by atoms with Crippen LogP contribution in [0.2, 0.25) is 0 Å². The first-order valence-electron chi connectivity index (χ1n) is 4.51. The molecule has 1 aromatic heterocycles. The maximum atomic E-state index is 11.1. The number of aliphatic hydroxyl groups is 1. The Labute approximate surface area is 86.4 Å². The van der Waals surface area contributed by atoms with Crippen LogP contribution in [0.5, 0.6) is 0 Å². The van der Waals surface area contributed by atoms with Gasteiger partial charge >= 0.3 is 0 Å². The molecule has 0 aliphatic rings. The lowest BCUT2D eigenvalue weighted by molar-refractivity contribution is 0.0997. The van der Waals surface area contributed by atoms with Crippen molar-refractivity contribution in [3.63, 3.8) is 0 Å². The van der Waals surface area contributed by atoms with Gasteiger partial charge in [0, 0.05) is 11.6 Å². The van der Waals surface area contributed by atoms with Gasteiger partial charge in [0.2, 0.25) is 0 Å². The zero-order valence-corrected chi connectivity index (χ0v) is 7.97. The highest BCUT2D eigenvalue weighted by Gasteiger charge is 2.09. The lowest BCUT2D eigenvalue weighted by atomic mass is 10.0. The Bertz CT molecular complexity index is 523. The zero-order chi connectivity index (χ0) is 10.8. The number of primary amides is 1. The number of benzene rings is 1. The van der Waals surface area contributed by atoms with Crippen LogP contribution in [0.1, 0.15) is 16.1 Å². The number of nitrogens with zero attached hydrogens (tertiary/aromatic N) is 1. The summed E-state index contributed by atoms with van der Waals surface area (Å²) >= 11 is 0. The van der Waals surface area contributed by atoms with Crippen LogP contribution < -0.4 is 5.73 Å². The number of pyridine rings is 1. The van der Waals surface area contributed by atoms with Crippen LogP contribution in [-0.4, -0.2) is 16.0 Å². The van der Waals surface area contributed by atoms with Gasteiger partial charge in [-0.25, -0.2) is 0 Å². The minimum absolute atomic E-state index is 0.0699. The van der Waals surface area contributed by atoms with E-state index in [-0.39, 0.29) is 12.3 Å². The largest absolute Gasteiger partial charge is 0.392 e. The van der Waals surface area contributed by atoms with Gasteiger partial charge in [-0.15, -0.1) is 0 Å². The van der Waals surface area contributed by atoms with E-state index in [0.29, 0.717) is 5.39 Å². The summed E-state index contributed by atoms with van der Waals surface area (Å²) in [5, 5.41) is 10.6. The average Bonchev–Trinajstić information content (AvgIpc) is 2.27. The van der Waals surface area contributed by atoms with Crippen molar-refractivity contribution in [2.45, 2.75) is 6.61 Å². The van der Waals surface area contributed by atoms with Gasteiger partial charge in [-0.1, -0.05) is 18.2 Å². The first kappa shape index (κ1) is 9.61. The van der Waals surface area contributed by atoms with Gasteiger partial charge < -0.3 is 10.8 Å². The van der Waals surface area contributed by atoms with Gasteiger partial charge in [-0.2, -0.15) is 0 Å². The second-order valence-electron chi connectivity index (χ2n) is 3.19. The van der Waals surface area contributed by atoms with Crippen LogP contribution in [0.3, 0.4) is 0 Å². The Morgan fingerprint density at radius 1 is 1.33 bits per heavy atom. The maximum Gasteiger partial charge on any atom is 0.267 e. The molecule has 1 aromatic carbocycles. The molecule has 3 N–H and O–H groups in total. The second kappa shape index (κ2) is 3.67. The van der Waals surface area contributed by atoms with Gasteiger partial charge in [0.1, 0.15) is 5.69 Å². The first-order valence-corrected chi connectivity index (χ1v) is 4.51. The average molecular weight is 202 g/mol. The zero-order valence-electron chi connectivity index (χ0n) is 7.97. The van der Waals surface area contributed by atoms with Crippen molar-refractivity contribution in [2.75, 3.05) is 0 Å². The van der Waals surface area contributed by atoms with Crippen LogP contribution in [-0.2, 0) is 6.61 Å². The molecule has 1 heterocycles. The minimum Gasteiger partial charge on any atom is -0.392 e. The minimum atomic E-state index is -0.560. The number of carbonyl (C=O) groups excluding carboxylic acids is 1. The second-order valence-corrected chi connectivity index (χ2v) is 3.19. The number of aromatic nitrogens is 1. The lowest BCUT2D eigenvalue weighted by Gasteiger charge is -2.05. The standard InChI is InChI=1S/C11H10N2O2/c12-11(15)10-9-3-1-2-7(6-14)8(9)4-5-13-10/h1-5,14H,6H2,(H2,12,15). The number of amides is 1. The van der Waals surface area contributed by atoms with Crippen molar-refractivity contribution in [2.24, 2.45) is 5.73 Å². The Morgan fingerprint density at radius 3 is 2.80 bits per heavy atom. The molecule has 76 valence electrons. The fourth-order valence-corrected chi connectivity index (χ4v) is 1.61. The topological polar surface area (TPSA) is 76.2 Å². The number of fused-ring (bicyclic) bond motifs is 1. The summed E-state index contributed by atoms with van der Waals surface area (Å²) in [4.78, 5) is 15.0. The van der Waals surface area contributed by atoms with Crippen LogP contribution in [0.25, 0.3) is 10.8 Å². The summed E-state index contributed by atoms with van der Waals surface area (Å²) in [6.07, 6.45) is 1.52.